The second-order valence-corrected chi connectivity index (χ2v) is 21.7. The molecule has 1 heterocycles. The van der Waals surface area contributed by atoms with Gasteiger partial charge in [-0.2, -0.15) is 0 Å². The number of nitrogens with one attached hydrogen (secondary N) is 1. The van der Waals surface area contributed by atoms with E-state index in [-0.39, 0.29) is 18.9 Å². The van der Waals surface area contributed by atoms with Gasteiger partial charge < -0.3 is 45.4 Å². The predicted molar refractivity (Wildman–Crippen MR) is 287 cm³/mol. The van der Waals surface area contributed by atoms with Crippen molar-refractivity contribution in [2.24, 2.45) is 0 Å². The van der Waals surface area contributed by atoms with Crippen LogP contribution in [0.3, 0.4) is 0 Å². The topological polar surface area (TPSA) is 169 Å². The third-order valence-electron chi connectivity index (χ3n) is 15.1. The average molecular weight is 985 g/mol. The number of ether oxygens (including phenoxy) is 2. The third kappa shape index (κ3) is 38.4. The van der Waals surface area contributed by atoms with Gasteiger partial charge in [-0.15, -0.1) is 0 Å². The molecular weight excluding hydrogens is 867 g/mol. The maximum Gasteiger partial charge on any atom is 0.220 e. The van der Waals surface area contributed by atoms with Crippen molar-refractivity contribution >= 4 is 5.91 Å². The van der Waals surface area contributed by atoms with Crippen LogP contribution in [0.5, 0.6) is 0 Å². The molecule has 0 aromatic heterocycles. The molecule has 0 aliphatic carbocycles. The van der Waals surface area contributed by atoms with Gasteiger partial charge in [0.1, 0.15) is 30.5 Å². The first-order chi connectivity index (χ1) is 33.8. The quantitative estimate of drug-likeness (QED) is 0.0293. The molecule has 1 saturated heterocycles. The normalized spacial score (nSPS) is 19.8. The SMILES string of the molecule is CCCCCCCCCCCCCCCCCCCCCCCCCCCCCCCCCC(=O)N[C@@H](CO[C@@H]1O[C@H](CO)[C@H](O)C(O)C1O)[C@H](O)[C@H](O)CCCCCCCCCCCCCCC. The van der Waals surface area contributed by atoms with Gasteiger partial charge >= 0.3 is 0 Å². The van der Waals surface area contributed by atoms with Gasteiger partial charge in [0.25, 0.3) is 0 Å². The van der Waals surface area contributed by atoms with Gasteiger partial charge in [0.2, 0.25) is 5.91 Å². The Bertz CT molecular complexity index is 1070. The van der Waals surface area contributed by atoms with E-state index >= 15 is 0 Å². The first-order valence-corrected chi connectivity index (χ1v) is 30.3. The molecule has 2 unspecified atom stereocenters. The van der Waals surface area contributed by atoms with Gasteiger partial charge in [-0.25, -0.2) is 0 Å². The molecule has 0 bridgehead atoms. The molecule has 1 aliphatic rings. The van der Waals surface area contributed by atoms with Crippen LogP contribution >= 0.6 is 0 Å². The lowest BCUT2D eigenvalue weighted by molar-refractivity contribution is -0.303. The summed E-state index contributed by atoms with van der Waals surface area (Å²) in [6, 6.07) is -0.986. The van der Waals surface area contributed by atoms with E-state index in [0.29, 0.717) is 6.42 Å². The van der Waals surface area contributed by atoms with Crippen LogP contribution in [0.1, 0.15) is 309 Å². The van der Waals surface area contributed by atoms with Crippen molar-refractivity contribution in [3.8, 4) is 0 Å². The summed E-state index contributed by atoms with van der Waals surface area (Å²) >= 11 is 0. The summed E-state index contributed by atoms with van der Waals surface area (Å²) in [7, 11) is 0. The van der Waals surface area contributed by atoms with Crippen LogP contribution in [0, 0.1) is 0 Å². The lowest BCUT2D eigenvalue weighted by Crippen LogP contribution is -2.60. The Morgan fingerprint density at radius 1 is 0.449 bits per heavy atom. The molecule has 0 radical (unpaired) electrons. The monoisotopic (exact) mass is 984 g/mol. The smallest absolute Gasteiger partial charge is 0.220 e. The van der Waals surface area contributed by atoms with Gasteiger partial charge in [-0.05, 0) is 12.8 Å². The lowest BCUT2D eigenvalue weighted by Gasteiger charge is -2.40. The minimum atomic E-state index is -1.60. The van der Waals surface area contributed by atoms with Crippen LogP contribution in [0.2, 0.25) is 0 Å². The third-order valence-corrected chi connectivity index (χ3v) is 15.1. The lowest BCUT2D eigenvalue weighted by atomic mass is 9.98. The Balaban J connectivity index is 2.13. The zero-order chi connectivity index (χ0) is 50.3. The van der Waals surface area contributed by atoms with E-state index in [4.69, 9.17) is 9.47 Å². The van der Waals surface area contributed by atoms with Crippen molar-refractivity contribution in [3.05, 3.63) is 0 Å². The molecule has 0 aromatic carbocycles. The zero-order valence-corrected chi connectivity index (χ0v) is 45.5. The molecule has 69 heavy (non-hydrogen) atoms. The number of aliphatic hydroxyl groups is 6. The van der Waals surface area contributed by atoms with Gasteiger partial charge in [0.15, 0.2) is 6.29 Å². The summed E-state index contributed by atoms with van der Waals surface area (Å²) in [4.78, 5) is 13.1. The number of carbonyl (C=O) groups is 1. The standard InChI is InChI=1S/C59H117NO9/c1-3-5-7-9-11-13-15-17-18-19-20-21-22-23-24-25-26-27-28-29-30-31-32-33-34-36-38-40-42-44-46-48-54(63)60-51(50-68-59-58(67)57(66)56(65)53(49-61)69-59)55(64)52(62)47-45-43-41-39-37-35-16-14-12-10-8-6-4-2/h51-53,55-59,61-62,64-67H,3-50H2,1-2H3,(H,60,63)/t51-,52+,53+,55-,56-,57?,58?,59+/m0/s1. The van der Waals surface area contributed by atoms with Crippen molar-refractivity contribution in [2.45, 2.75) is 358 Å². The number of hydrogen-bond donors (Lipinski definition) is 7. The number of unbranched alkanes of at least 4 members (excludes halogenated alkanes) is 42. The fourth-order valence-electron chi connectivity index (χ4n) is 10.2. The van der Waals surface area contributed by atoms with E-state index in [1.54, 1.807) is 0 Å². The molecule has 1 fully saturated rings. The van der Waals surface area contributed by atoms with Crippen LogP contribution in [0.4, 0.5) is 0 Å². The number of hydrogen-bond acceptors (Lipinski definition) is 9. The summed E-state index contributed by atoms with van der Waals surface area (Å²) in [6.07, 6.45) is 48.6. The van der Waals surface area contributed by atoms with Crippen molar-refractivity contribution in [1.29, 1.82) is 0 Å². The predicted octanol–water partition coefficient (Wildman–Crippen LogP) is 14.0. The average Bonchev–Trinajstić information content (AvgIpc) is 3.35. The van der Waals surface area contributed by atoms with Crippen molar-refractivity contribution < 1.29 is 44.9 Å². The number of aliphatic hydroxyl groups excluding tert-OH is 6. The molecule has 8 atom stereocenters. The van der Waals surface area contributed by atoms with Crippen LogP contribution in [-0.4, -0.2) is 98.7 Å². The van der Waals surface area contributed by atoms with Crippen molar-refractivity contribution in [3.63, 3.8) is 0 Å². The molecule has 0 saturated carbocycles. The molecule has 0 aromatic rings. The van der Waals surface area contributed by atoms with Gasteiger partial charge in [-0.3, -0.25) is 4.79 Å². The Morgan fingerprint density at radius 3 is 1.07 bits per heavy atom. The Hall–Kier alpha value is -0.850. The molecular formula is C59H117NO9. The van der Waals surface area contributed by atoms with E-state index in [1.807, 2.05) is 0 Å². The highest BCUT2D eigenvalue weighted by Gasteiger charge is 2.44. The molecule has 1 rings (SSSR count). The van der Waals surface area contributed by atoms with E-state index < -0.39 is 55.6 Å². The highest BCUT2D eigenvalue weighted by atomic mass is 16.7. The molecule has 10 nitrogen and oxygen atoms in total. The zero-order valence-electron chi connectivity index (χ0n) is 45.5. The van der Waals surface area contributed by atoms with Gasteiger partial charge in [0.05, 0.1) is 25.4 Å². The van der Waals surface area contributed by atoms with E-state index in [1.165, 1.54) is 244 Å². The summed E-state index contributed by atoms with van der Waals surface area (Å²) < 4.78 is 11.2. The van der Waals surface area contributed by atoms with E-state index in [2.05, 4.69) is 19.2 Å². The fourth-order valence-corrected chi connectivity index (χ4v) is 10.2. The number of carbonyl (C=O) groups excluding carboxylic acids is 1. The Labute approximate surface area is 426 Å². The second kappa shape index (κ2) is 49.4. The van der Waals surface area contributed by atoms with Crippen LogP contribution in [0.15, 0.2) is 0 Å². The maximum atomic E-state index is 13.1. The minimum Gasteiger partial charge on any atom is -0.394 e. The molecule has 7 N–H and O–H groups in total. The number of amides is 1. The molecule has 1 aliphatic heterocycles. The highest BCUT2D eigenvalue weighted by Crippen LogP contribution is 2.24. The molecule has 412 valence electrons. The second-order valence-electron chi connectivity index (χ2n) is 21.7. The molecule has 10 heteroatoms. The highest BCUT2D eigenvalue weighted by molar-refractivity contribution is 5.76. The first kappa shape index (κ1) is 66.2. The number of rotatable bonds is 53. The largest absolute Gasteiger partial charge is 0.394 e. The van der Waals surface area contributed by atoms with Gasteiger partial charge in [-0.1, -0.05) is 290 Å². The Kier molecular flexibility index (Phi) is 47.3. The summed E-state index contributed by atoms with van der Waals surface area (Å²) in [5, 5.41) is 65.5. The van der Waals surface area contributed by atoms with E-state index in [0.717, 1.165) is 38.5 Å². The van der Waals surface area contributed by atoms with E-state index in [9.17, 15) is 35.4 Å². The van der Waals surface area contributed by atoms with Crippen molar-refractivity contribution in [1.82, 2.24) is 5.32 Å². The maximum absolute atomic E-state index is 13.1. The van der Waals surface area contributed by atoms with Crippen LogP contribution in [0.25, 0.3) is 0 Å². The molecule has 0 spiro atoms. The first-order valence-electron chi connectivity index (χ1n) is 30.3. The van der Waals surface area contributed by atoms with Crippen molar-refractivity contribution in [2.75, 3.05) is 13.2 Å². The summed E-state index contributed by atoms with van der Waals surface area (Å²) in [5.41, 5.74) is 0. The molecule has 1 amide bonds. The van der Waals surface area contributed by atoms with Gasteiger partial charge in [0, 0.05) is 6.42 Å². The fraction of sp³-hybridized carbons (Fsp3) is 0.983. The minimum absolute atomic E-state index is 0.250. The summed E-state index contributed by atoms with van der Waals surface area (Å²) in [5.74, 6) is -0.250. The Morgan fingerprint density at radius 2 is 0.754 bits per heavy atom. The summed E-state index contributed by atoms with van der Waals surface area (Å²) in [6.45, 7) is 3.65. The van der Waals surface area contributed by atoms with Crippen LogP contribution in [-0.2, 0) is 14.3 Å². The van der Waals surface area contributed by atoms with Crippen LogP contribution < -0.4 is 5.32 Å².